The Morgan fingerprint density at radius 1 is 1.50 bits per heavy atom. The van der Waals surface area contributed by atoms with Crippen molar-refractivity contribution in [2.24, 2.45) is 5.92 Å². The van der Waals surface area contributed by atoms with Gasteiger partial charge in [0, 0.05) is 13.1 Å². The van der Waals surface area contributed by atoms with Gasteiger partial charge in [-0.15, -0.1) is 0 Å². The molecule has 4 heteroatoms. The quantitative estimate of drug-likeness (QED) is 0.904. The van der Waals surface area contributed by atoms with Gasteiger partial charge in [0.1, 0.15) is 5.75 Å². The maximum Gasteiger partial charge on any atom is 0.133 e. The zero-order valence-electron chi connectivity index (χ0n) is 11.1. The minimum atomic E-state index is 0.802. The van der Waals surface area contributed by atoms with Gasteiger partial charge in [0.05, 0.1) is 11.6 Å². The van der Waals surface area contributed by atoms with E-state index in [-0.39, 0.29) is 0 Å². The largest absolute Gasteiger partial charge is 0.496 e. The van der Waals surface area contributed by atoms with E-state index >= 15 is 0 Å². The van der Waals surface area contributed by atoms with Gasteiger partial charge in [-0.3, -0.25) is 0 Å². The van der Waals surface area contributed by atoms with Crippen molar-refractivity contribution in [2.45, 2.75) is 13.0 Å². The van der Waals surface area contributed by atoms with E-state index in [1.165, 1.54) is 18.5 Å². The number of rotatable bonds is 5. The van der Waals surface area contributed by atoms with Crippen LogP contribution in [-0.2, 0) is 6.54 Å². The Balaban J connectivity index is 1.89. The van der Waals surface area contributed by atoms with Crippen LogP contribution in [0.2, 0.25) is 0 Å². The lowest BCUT2D eigenvalue weighted by Crippen LogP contribution is -2.26. The molecule has 1 fully saturated rings. The number of nitrogens with one attached hydrogen (secondary N) is 1. The minimum absolute atomic E-state index is 0.802. The van der Waals surface area contributed by atoms with Crippen molar-refractivity contribution in [3.8, 4) is 5.75 Å². The summed E-state index contributed by atoms with van der Waals surface area (Å²) < 4.78 is 6.27. The van der Waals surface area contributed by atoms with Gasteiger partial charge >= 0.3 is 0 Å². The van der Waals surface area contributed by atoms with Crippen molar-refractivity contribution in [1.82, 2.24) is 10.2 Å². The Morgan fingerprint density at radius 2 is 2.33 bits per heavy atom. The maximum atomic E-state index is 5.24. The van der Waals surface area contributed by atoms with E-state index in [4.69, 9.17) is 4.74 Å². The number of hydrogen-bond donors (Lipinski definition) is 1. The highest BCUT2D eigenvalue weighted by Crippen LogP contribution is 2.26. The van der Waals surface area contributed by atoms with E-state index in [9.17, 15) is 0 Å². The first-order chi connectivity index (χ1) is 8.69. The summed E-state index contributed by atoms with van der Waals surface area (Å²) in [5.74, 6) is 1.69. The molecule has 3 nitrogen and oxygen atoms in total. The smallest absolute Gasteiger partial charge is 0.133 e. The van der Waals surface area contributed by atoms with E-state index in [1.54, 1.807) is 7.11 Å². The number of ether oxygens (including phenoxy) is 1. The molecular weight excluding hydrogens is 292 g/mol. The first-order valence-corrected chi connectivity index (χ1v) is 7.20. The zero-order chi connectivity index (χ0) is 13.0. The van der Waals surface area contributed by atoms with E-state index < -0.39 is 0 Å². The van der Waals surface area contributed by atoms with Gasteiger partial charge in [0.25, 0.3) is 0 Å². The maximum absolute atomic E-state index is 5.24. The molecule has 0 aliphatic carbocycles. The van der Waals surface area contributed by atoms with Crippen LogP contribution in [0.15, 0.2) is 22.7 Å². The average Bonchev–Trinajstić information content (AvgIpc) is 2.82. The van der Waals surface area contributed by atoms with Crippen LogP contribution in [0.1, 0.15) is 12.0 Å². The molecule has 1 aromatic carbocycles. The predicted molar refractivity (Wildman–Crippen MR) is 78.0 cm³/mol. The minimum Gasteiger partial charge on any atom is -0.496 e. The van der Waals surface area contributed by atoms with E-state index in [0.29, 0.717) is 0 Å². The standard InChI is InChI=1S/C14H21BrN2O/c1-17(10-12-5-6-16-8-12)9-11-3-4-14(18-2)13(15)7-11/h3-4,7,12,16H,5-6,8-10H2,1-2H3. The third-order valence-electron chi connectivity index (χ3n) is 3.40. The molecule has 0 spiro atoms. The highest BCUT2D eigenvalue weighted by molar-refractivity contribution is 9.10. The molecule has 0 radical (unpaired) electrons. The van der Waals surface area contributed by atoms with Crippen LogP contribution in [-0.4, -0.2) is 38.7 Å². The Morgan fingerprint density at radius 3 is 2.94 bits per heavy atom. The molecule has 1 heterocycles. The molecule has 18 heavy (non-hydrogen) atoms. The predicted octanol–water partition coefficient (Wildman–Crippen LogP) is 2.50. The molecule has 0 bridgehead atoms. The highest BCUT2D eigenvalue weighted by Gasteiger charge is 2.16. The van der Waals surface area contributed by atoms with Gasteiger partial charge in [-0.25, -0.2) is 0 Å². The van der Waals surface area contributed by atoms with Crippen LogP contribution < -0.4 is 10.1 Å². The summed E-state index contributed by atoms with van der Waals surface area (Å²) >= 11 is 3.53. The summed E-state index contributed by atoms with van der Waals surface area (Å²) in [5, 5.41) is 3.42. The van der Waals surface area contributed by atoms with Gasteiger partial charge in [-0.1, -0.05) is 6.07 Å². The van der Waals surface area contributed by atoms with Crippen molar-refractivity contribution in [3.63, 3.8) is 0 Å². The summed E-state index contributed by atoms with van der Waals surface area (Å²) in [5.41, 5.74) is 1.32. The lowest BCUT2D eigenvalue weighted by molar-refractivity contribution is 0.278. The van der Waals surface area contributed by atoms with Crippen molar-refractivity contribution in [2.75, 3.05) is 33.8 Å². The second kappa shape index (κ2) is 6.55. The third-order valence-corrected chi connectivity index (χ3v) is 4.02. The van der Waals surface area contributed by atoms with Gasteiger partial charge in [0.2, 0.25) is 0 Å². The topological polar surface area (TPSA) is 24.5 Å². The second-order valence-corrected chi connectivity index (χ2v) is 5.88. The summed E-state index contributed by atoms with van der Waals surface area (Å²) in [6, 6.07) is 6.29. The number of hydrogen-bond acceptors (Lipinski definition) is 3. The first-order valence-electron chi connectivity index (χ1n) is 6.40. The monoisotopic (exact) mass is 312 g/mol. The Kier molecular flexibility index (Phi) is 5.03. The third kappa shape index (κ3) is 3.70. The number of benzene rings is 1. The molecule has 2 rings (SSSR count). The molecule has 0 amide bonds. The van der Waals surface area contributed by atoms with Gasteiger partial charge in [-0.2, -0.15) is 0 Å². The van der Waals surface area contributed by atoms with E-state index in [0.717, 1.165) is 35.8 Å². The molecule has 0 saturated carbocycles. The lowest BCUT2D eigenvalue weighted by atomic mass is 10.1. The summed E-state index contributed by atoms with van der Waals surface area (Å²) in [4.78, 5) is 2.39. The normalized spacial score (nSPS) is 19.4. The molecule has 1 atom stereocenters. The highest BCUT2D eigenvalue weighted by atomic mass is 79.9. The van der Waals surface area contributed by atoms with Gasteiger partial charge in [0.15, 0.2) is 0 Å². The molecule has 1 aliphatic heterocycles. The molecule has 1 aliphatic rings. The fraction of sp³-hybridized carbons (Fsp3) is 0.571. The molecule has 100 valence electrons. The fourth-order valence-corrected chi connectivity index (χ4v) is 3.08. The Hall–Kier alpha value is -0.580. The Labute approximate surface area is 118 Å². The number of nitrogens with zero attached hydrogens (tertiary/aromatic N) is 1. The SMILES string of the molecule is COc1ccc(CN(C)CC2CCNC2)cc1Br. The first kappa shape index (κ1) is 13.8. The van der Waals surface area contributed by atoms with Gasteiger partial charge < -0.3 is 15.0 Å². The van der Waals surface area contributed by atoms with Crippen molar-refractivity contribution in [3.05, 3.63) is 28.2 Å². The molecule has 1 N–H and O–H groups in total. The summed E-state index contributed by atoms with van der Waals surface area (Å²) in [6.45, 7) is 4.49. The zero-order valence-corrected chi connectivity index (χ0v) is 12.7. The van der Waals surface area contributed by atoms with Crippen LogP contribution in [0.4, 0.5) is 0 Å². The van der Waals surface area contributed by atoms with E-state index in [1.807, 2.05) is 6.07 Å². The van der Waals surface area contributed by atoms with Crippen LogP contribution in [0, 0.1) is 5.92 Å². The van der Waals surface area contributed by atoms with Crippen molar-refractivity contribution >= 4 is 15.9 Å². The summed E-state index contributed by atoms with van der Waals surface area (Å²) in [7, 11) is 3.88. The average molecular weight is 313 g/mol. The van der Waals surface area contributed by atoms with E-state index in [2.05, 4.69) is 45.3 Å². The molecule has 1 aromatic rings. The van der Waals surface area contributed by atoms with Crippen LogP contribution in [0.5, 0.6) is 5.75 Å². The fourth-order valence-electron chi connectivity index (χ4n) is 2.50. The molecule has 1 saturated heterocycles. The number of methoxy groups -OCH3 is 1. The van der Waals surface area contributed by atoms with Crippen LogP contribution >= 0.6 is 15.9 Å². The van der Waals surface area contributed by atoms with Crippen molar-refractivity contribution < 1.29 is 4.74 Å². The van der Waals surface area contributed by atoms with Crippen molar-refractivity contribution in [1.29, 1.82) is 0 Å². The number of halogens is 1. The molecular formula is C14H21BrN2O. The van der Waals surface area contributed by atoms with Crippen LogP contribution in [0.25, 0.3) is 0 Å². The lowest BCUT2D eigenvalue weighted by Gasteiger charge is -2.20. The summed E-state index contributed by atoms with van der Waals surface area (Å²) in [6.07, 6.45) is 1.30. The van der Waals surface area contributed by atoms with Crippen LogP contribution in [0.3, 0.4) is 0 Å². The molecule has 1 unspecified atom stereocenters. The second-order valence-electron chi connectivity index (χ2n) is 5.02. The Bertz CT molecular complexity index is 391. The molecule has 0 aromatic heterocycles. The van der Waals surface area contributed by atoms with Gasteiger partial charge in [-0.05, 0) is 66.1 Å².